The first-order valence-corrected chi connectivity index (χ1v) is 9.52. The Kier molecular flexibility index (Phi) is 5.51. The number of rotatable bonds is 7. The maximum Gasteiger partial charge on any atom is 0.319 e. The van der Waals surface area contributed by atoms with E-state index < -0.39 is 0 Å². The van der Waals surface area contributed by atoms with Crippen LogP contribution in [0.5, 0.6) is 0 Å². The lowest BCUT2D eigenvalue weighted by Gasteiger charge is -2.11. The summed E-state index contributed by atoms with van der Waals surface area (Å²) in [5.74, 6) is -0.172. The molecule has 0 saturated heterocycles. The minimum Gasteiger partial charge on any atom is -0.348 e. The Balaban J connectivity index is 1.33. The number of nitrogens with zero attached hydrogens (tertiary/aromatic N) is 3. The van der Waals surface area contributed by atoms with Crippen LogP contribution < -0.4 is 16.0 Å². The van der Waals surface area contributed by atoms with Gasteiger partial charge in [-0.05, 0) is 48.2 Å². The van der Waals surface area contributed by atoms with Crippen molar-refractivity contribution in [1.82, 2.24) is 25.4 Å². The van der Waals surface area contributed by atoms with Crippen molar-refractivity contribution in [3.63, 3.8) is 0 Å². The van der Waals surface area contributed by atoms with Crippen molar-refractivity contribution < 1.29 is 9.59 Å². The molecule has 1 fully saturated rings. The molecule has 1 saturated carbocycles. The fourth-order valence-corrected chi connectivity index (χ4v) is 2.94. The Morgan fingerprint density at radius 2 is 1.79 bits per heavy atom. The van der Waals surface area contributed by atoms with E-state index in [1.165, 1.54) is 6.33 Å². The predicted molar refractivity (Wildman–Crippen MR) is 108 cm³/mol. The highest BCUT2D eigenvalue weighted by Crippen LogP contribution is 2.19. The van der Waals surface area contributed by atoms with E-state index in [1.54, 1.807) is 35.3 Å². The van der Waals surface area contributed by atoms with Crippen molar-refractivity contribution in [1.29, 1.82) is 0 Å². The van der Waals surface area contributed by atoms with Crippen molar-refractivity contribution in [2.75, 3.05) is 5.32 Å². The third kappa shape index (κ3) is 5.19. The highest BCUT2D eigenvalue weighted by atomic mass is 16.2. The van der Waals surface area contributed by atoms with Gasteiger partial charge < -0.3 is 16.0 Å². The second-order valence-corrected chi connectivity index (χ2v) is 6.99. The third-order valence-electron chi connectivity index (χ3n) is 4.67. The third-order valence-corrected chi connectivity index (χ3v) is 4.67. The smallest absolute Gasteiger partial charge is 0.319 e. The second kappa shape index (κ2) is 8.55. The fraction of sp³-hybridized carbons (Fsp3) is 0.238. The zero-order chi connectivity index (χ0) is 20.1. The number of carbonyl (C=O) groups excluding carboxylic acids is 2. The van der Waals surface area contributed by atoms with Gasteiger partial charge in [-0.25, -0.2) is 14.5 Å². The second-order valence-electron chi connectivity index (χ2n) is 6.99. The molecule has 1 aromatic heterocycles. The van der Waals surface area contributed by atoms with Crippen LogP contribution in [0.4, 0.5) is 10.5 Å². The number of aromatic nitrogens is 3. The van der Waals surface area contributed by atoms with Crippen LogP contribution in [-0.2, 0) is 13.1 Å². The van der Waals surface area contributed by atoms with E-state index in [9.17, 15) is 9.59 Å². The molecule has 3 amide bonds. The van der Waals surface area contributed by atoms with Gasteiger partial charge in [0.2, 0.25) is 0 Å². The summed E-state index contributed by atoms with van der Waals surface area (Å²) in [5, 5.41) is 12.7. The van der Waals surface area contributed by atoms with Crippen LogP contribution in [0.3, 0.4) is 0 Å². The molecule has 8 heteroatoms. The van der Waals surface area contributed by atoms with Crippen molar-refractivity contribution in [3.8, 4) is 0 Å². The van der Waals surface area contributed by atoms with Crippen molar-refractivity contribution in [3.05, 3.63) is 77.9 Å². The fourth-order valence-electron chi connectivity index (χ4n) is 2.94. The number of hydrogen-bond acceptors (Lipinski definition) is 4. The first-order chi connectivity index (χ1) is 14.2. The van der Waals surface area contributed by atoms with Crippen LogP contribution in [0.2, 0.25) is 0 Å². The van der Waals surface area contributed by atoms with Gasteiger partial charge in [0.25, 0.3) is 5.91 Å². The van der Waals surface area contributed by atoms with Crippen LogP contribution in [0.1, 0.15) is 34.3 Å². The molecule has 1 heterocycles. The minimum absolute atomic E-state index is 0.172. The van der Waals surface area contributed by atoms with Gasteiger partial charge >= 0.3 is 6.03 Å². The maximum atomic E-state index is 12.5. The summed E-state index contributed by atoms with van der Waals surface area (Å²) in [7, 11) is 0. The molecule has 0 bridgehead atoms. The number of urea groups is 1. The predicted octanol–water partition coefficient (Wildman–Crippen LogP) is 2.54. The number of hydrogen-bond donors (Lipinski definition) is 3. The monoisotopic (exact) mass is 390 g/mol. The van der Waals surface area contributed by atoms with Crippen LogP contribution in [0.25, 0.3) is 0 Å². The number of benzene rings is 2. The summed E-state index contributed by atoms with van der Waals surface area (Å²) in [6, 6.07) is 14.8. The molecule has 4 rings (SSSR count). The largest absolute Gasteiger partial charge is 0.348 e. The van der Waals surface area contributed by atoms with E-state index in [-0.39, 0.29) is 11.9 Å². The molecule has 0 spiro atoms. The summed E-state index contributed by atoms with van der Waals surface area (Å²) in [4.78, 5) is 28.2. The van der Waals surface area contributed by atoms with Gasteiger partial charge in [0.15, 0.2) is 0 Å². The quantitative estimate of drug-likeness (QED) is 0.577. The Morgan fingerprint density at radius 3 is 2.48 bits per heavy atom. The van der Waals surface area contributed by atoms with Gasteiger partial charge in [-0.3, -0.25) is 4.79 Å². The average Bonchev–Trinajstić information content (AvgIpc) is 3.39. The standard InChI is InChI=1S/C21H22N6O2/c28-20(15-5-7-18(8-6-15)25-21(29)26-19-9-10-19)23-11-16-3-1-2-4-17(16)12-27-14-22-13-24-27/h1-8,13-14,19H,9-12H2,(H,23,28)(H2,25,26,29). The zero-order valence-corrected chi connectivity index (χ0v) is 15.8. The maximum absolute atomic E-state index is 12.5. The molecule has 1 aliphatic rings. The first kappa shape index (κ1) is 18.7. The topological polar surface area (TPSA) is 101 Å². The Morgan fingerprint density at radius 1 is 1.03 bits per heavy atom. The van der Waals surface area contributed by atoms with E-state index in [1.807, 2.05) is 24.3 Å². The number of carbonyl (C=O) groups is 2. The highest BCUT2D eigenvalue weighted by Gasteiger charge is 2.23. The number of nitrogens with one attached hydrogen (secondary N) is 3. The van der Waals surface area contributed by atoms with Gasteiger partial charge in [0.1, 0.15) is 12.7 Å². The molecule has 2 aromatic carbocycles. The Hall–Kier alpha value is -3.68. The summed E-state index contributed by atoms with van der Waals surface area (Å²) >= 11 is 0. The Bertz CT molecular complexity index is 981. The molecule has 1 aliphatic carbocycles. The van der Waals surface area contributed by atoms with Gasteiger partial charge in [-0.2, -0.15) is 5.10 Å². The molecule has 0 unspecified atom stereocenters. The van der Waals surface area contributed by atoms with E-state index in [0.717, 1.165) is 24.0 Å². The van der Waals surface area contributed by atoms with Crippen LogP contribution in [-0.4, -0.2) is 32.7 Å². The van der Waals surface area contributed by atoms with Crippen molar-refractivity contribution in [2.45, 2.75) is 32.0 Å². The molecule has 8 nitrogen and oxygen atoms in total. The van der Waals surface area contributed by atoms with Gasteiger partial charge in [-0.15, -0.1) is 0 Å². The number of anilines is 1. The lowest BCUT2D eigenvalue weighted by atomic mass is 10.1. The van der Waals surface area contributed by atoms with Gasteiger partial charge in [0.05, 0.1) is 6.54 Å². The summed E-state index contributed by atoms with van der Waals surface area (Å²) in [6.45, 7) is 1.00. The molecular formula is C21H22N6O2. The lowest BCUT2D eigenvalue weighted by molar-refractivity contribution is 0.0951. The first-order valence-electron chi connectivity index (χ1n) is 9.52. The normalized spacial score (nSPS) is 13.0. The van der Waals surface area contributed by atoms with Crippen LogP contribution in [0.15, 0.2) is 61.2 Å². The number of amides is 3. The van der Waals surface area contributed by atoms with Crippen LogP contribution in [0, 0.1) is 0 Å². The molecule has 0 aliphatic heterocycles. The van der Waals surface area contributed by atoms with Crippen molar-refractivity contribution in [2.24, 2.45) is 0 Å². The van der Waals surface area contributed by atoms with E-state index in [2.05, 4.69) is 26.0 Å². The lowest BCUT2D eigenvalue weighted by Crippen LogP contribution is -2.30. The average molecular weight is 390 g/mol. The minimum atomic E-state index is -0.214. The van der Waals surface area contributed by atoms with E-state index in [0.29, 0.717) is 30.4 Å². The van der Waals surface area contributed by atoms with Crippen LogP contribution >= 0.6 is 0 Å². The molecule has 3 aromatic rings. The molecule has 148 valence electrons. The van der Waals surface area contributed by atoms with Crippen molar-refractivity contribution >= 4 is 17.6 Å². The molecule has 29 heavy (non-hydrogen) atoms. The van der Waals surface area contributed by atoms with E-state index >= 15 is 0 Å². The van der Waals surface area contributed by atoms with Gasteiger partial charge in [-0.1, -0.05) is 24.3 Å². The molecule has 0 radical (unpaired) electrons. The summed E-state index contributed by atoms with van der Waals surface area (Å²) in [6.07, 6.45) is 5.23. The SMILES string of the molecule is O=C(Nc1ccc(C(=O)NCc2ccccc2Cn2cncn2)cc1)NC1CC1. The Labute approximate surface area is 168 Å². The molecular weight excluding hydrogens is 368 g/mol. The summed E-state index contributed by atoms with van der Waals surface area (Å²) < 4.78 is 1.74. The molecule has 3 N–H and O–H groups in total. The summed E-state index contributed by atoms with van der Waals surface area (Å²) in [5.41, 5.74) is 3.27. The zero-order valence-electron chi connectivity index (χ0n) is 15.8. The van der Waals surface area contributed by atoms with Gasteiger partial charge in [0, 0.05) is 23.8 Å². The molecule has 0 atom stereocenters. The highest BCUT2D eigenvalue weighted by molar-refractivity contribution is 5.95. The van der Waals surface area contributed by atoms with E-state index in [4.69, 9.17) is 0 Å².